The van der Waals surface area contributed by atoms with Gasteiger partial charge in [-0.15, -0.1) is 0 Å². The molecular formula is C14H19Cl2NO2. The lowest BCUT2D eigenvalue weighted by molar-refractivity contribution is -0.137. The smallest absolute Gasteiger partial charge is 0.303 e. The number of carboxylic acid groups (broad SMARTS) is 1. The fourth-order valence-corrected chi connectivity index (χ4v) is 2.48. The Morgan fingerprint density at radius 1 is 1.37 bits per heavy atom. The molecule has 106 valence electrons. The number of nitrogens with zero attached hydrogens (tertiary/aromatic N) is 1. The Bertz CT molecular complexity index is 437. The zero-order chi connectivity index (χ0) is 14.4. The molecule has 0 aliphatic rings. The molecule has 1 aromatic carbocycles. The lowest BCUT2D eigenvalue weighted by Crippen LogP contribution is -2.24. The molecule has 0 bridgehead atoms. The van der Waals surface area contributed by atoms with E-state index in [2.05, 4.69) is 11.8 Å². The highest BCUT2D eigenvalue weighted by Crippen LogP contribution is 2.29. The van der Waals surface area contributed by atoms with Gasteiger partial charge < -0.3 is 5.11 Å². The Morgan fingerprint density at radius 3 is 2.63 bits per heavy atom. The van der Waals surface area contributed by atoms with Crippen molar-refractivity contribution in [3.05, 3.63) is 33.8 Å². The number of hydrogen-bond acceptors (Lipinski definition) is 2. The van der Waals surface area contributed by atoms with E-state index in [9.17, 15) is 4.79 Å². The second-order valence-electron chi connectivity index (χ2n) is 4.67. The second-order valence-corrected chi connectivity index (χ2v) is 5.52. The fraction of sp³-hybridized carbons (Fsp3) is 0.500. The molecule has 1 N–H and O–H groups in total. The average molecular weight is 304 g/mol. The molecule has 19 heavy (non-hydrogen) atoms. The first-order valence-electron chi connectivity index (χ1n) is 6.28. The molecule has 1 atom stereocenters. The Balaban J connectivity index is 2.51. The van der Waals surface area contributed by atoms with Crippen LogP contribution in [-0.4, -0.2) is 29.6 Å². The van der Waals surface area contributed by atoms with Gasteiger partial charge in [-0.2, -0.15) is 0 Å². The van der Waals surface area contributed by atoms with Crippen LogP contribution < -0.4 is 0 Å². The van der Waals surface area contributed by atoms with Gasteiger partial charge in [-0.1, -0.05) is 29.3 Å². The van der Waals surface area contributed by atoms with E-state index in [-0.39, 0.29) is 12.5 Å². The Labute approximate surface area is 124 Å². The van der Waals surface area contributed by atoms with Gasteiger partial charge in [0.05, 0.1) is 0 Å². The standard InChI is InChI=1S/C14H19Cl2NO2/c1-10(12-7-6-11(15)9-13(12)16)17(2)8-4-3-5-14(18)19/h6-7,9-10H,3-5,8H2,1-2H3,(H,18,19). The summed E-state index contributed by atoms with van der Waals surface area (Å²) in [5.41, 5.74) is 1.03. The molecule has 0 spiro atoms. The van der Waals surface area contributed by atoms with E-state index >= 15 is 0 Å². The number of carbonyl (C=O) groups is 1. The molecule has 0 saturated heterocycles. The van der Waals surface area contributed by atoms with Crippen LogP contribution in [0.1, 0.15) is 37.8 Å². The van der Waals surface area contributed by atoms with Crippen molar-refractivity contribution in [1.29, 1.82) is 0 Å². The van der Waals surface area contributed by atoms with E-state index in [1.54, 1.807) is 6.07 Å². The molecule has 0 aliphatic heterocycles. The summed E-state index contributed by atoms with van der Waals surface area (Å²) in [6, 6.07) is 5.68. The van der Waals surface area contributed by atoms with E-state index in [4.69, 9.17) is 28.3 Å². The third-order valence-corrected chi connectivity index (χ3v) is 3.79. The summed E-state index contributed by atoms with van der Waals surface area (Å²) in [7, 11) is 2.01. The minimum absolute atomic E-state index is 0.176. The van der Waals surface area contributed by atoms with E-state index in [0.717, 1.165) is 18.5 Å². The highest BCUT2D eigenvalue weighted by Gasteiger charge is 2.14. The minimum atomic E-state index is -0.739. The molecule has 3 nitrogen and oxygen atoms in total. The zero-order valence-corrected chi connectivity index (χ0v) is 12.7. The summed E-state index contributed by atoms with van der Waals surface area (Å²) in [5, 5.41) is 9.88. The number of benzene rings is 1. The maximum atomic E-state index is 10.4. The highest BCUT2D eigenvalue weighted by molar-refractivity contribution is 6.35. The van der Waals surface area contributed by atoms with Crippen LogP contribution in [0.2, 0.25) is 10.0 Å². The third kappa shape index (κ3) is 5.39. The van der Waals surface area contributed by atoms with Gasteiger partial charge in [-0.25, -0.2) is 0 Å². The average Bonchev–Trinajstić information content (AvgIpc) is 2.33. The van der Waals surface area contributed by atoms with Gasteiger partial charge in [0.1, 0.15) is 0 Å². The quantitative estimate of drug-likeness (QED) is 0.766. The zero-order valence-electron chi connectivity index (χ0n) is 11.2. The summed E-state index contributed by atoms with van der Waals surface area (Å²) >= 11 is 12.1. The first-order chi connectivity index (χ1) is 8.91. The van der Waals surface area contributed by atoms with Gasteiger partial charge in [0, 0.05) is 22.5 Å². The molecule has 1 rings (SSSR count). The summed E-state index contributed by atoms with van der Waals surface area (Å²) in [6.07, 6.45) is 1.78. The van der Waals surface area contributed by atoms with Crippen molar-refractivity contribution in [2.24, 2.45) is 0 Å². The van der Waals surface area contributed by atoms with Crippen molar-refractivity contribution in [3.63, 3.8) is 0 Å². The fourth-order valence-electron chi connectivity index (χ4n) is 1.91. The normalized spacial score (nSPS) is 12.7. The third-order valence-electron chi connectivity index (χ3n) is 3.23. The molecule has 0 saturated carbocycles. The lowest BCUT2D eigenvalue weighted by Gasteiger charge is -2.25. The molecule has 0 aromatic heterocycles. The molecule has 0 aliphatic carbocycles. The lowest BCUT2D eigenvalue weighted by atomic mass is 10.1. The first-order valence-corrected chi connectivity index (χ1v) is 7.04. The van der Waals surface area contributed by atoms with Gasteiger partial charge in [0.2, 0.25) is 0 Å². The molecule has 1 unspecified atom stereocenters. The van der Waals surface area contributed by atoms with Crippen LogP contribution in [0, 0.1) is 0 Å². The van der Waals surface area contributed by atoms with Crippen LogP contribution in [0.3, 0.4) is 0 Å². The van der Waals surface area contributed by atoms with Crippen molar-refractivity contribution in [2.45, 2.75) is 32.2 Å². The van der Waals surface area contributed by atoms with Gasteiger partial charge in [-0.3, -0.25) is 9.69 Å². The predicted molar refractivity (Wildman–Crippen MR) is 79.0 cm³/mol. The monoisotopic (exact) mass is 303 g/mol. The van der Waals surface area contributed by atoms with Crippen LogP contribution in [0.15, 0.2) is 18.2 Å². The number of rotatable bonds is 7. The topological polar surface area (TPSA) is 40.5 Å². The van der Waals surface area contributed by atoms with Gasteiger partial charge in [0.25, 0.3) is 0 Å². The van der Waals surface area contributed by atoms with E-state index in [1.165, 1.54) is 0 Å². The van der Waals surface area contributed by atoms with Gasteiger partial charge in [0.15, 0.2) is 0 Å². The van der Waals surface area contributed by atoms with E-state index in [0.29, 0.717) is 16.5 Å². The molecule has 1 aromatic rings. The molecule has 0 heterocycles. The first kappa shape index (κ1) is 16.3. The number of unbranched alkanes of at least 4 members (excludes halogenated alkanes) is 1. The maximum Gasteiger partial charge on any atom is 0.303 e. The molecule has 0 fully saturated rings. The van der Waals surface area contributed by atoms with Crippen molar-refractivity contribution in [1.82, 2.24) is 4.90 Å². The maximum absolute atomic E-state index is 10.4. The van der Waals surface area contributed by atoms with Crippen LogP contribution >= 0.6 is 23.2 Å². The molecular weight excluding hydrogens is 285 g/mol. The van der Waals surface area contributed by atoms with Crippen LogP contribution in [0.5, 0.6) is 0 Å². The Morgan fingerprint density at radius 2 is 2.05 bits per heavy atom. The summed E-state index contributed by atoms with van der Waals surface area (Å²) in [6.45, 7) is 2.92. The Kier molecular flexibility index (Phi) is 6.63. The summed E-state index contributed by atoms with van der Waals surface area (Å²) < 4.78 is 0. The van der Waals surface area contributed by atoms with Crippen molar-refractivity contribution in [2.75, 3.05) is 13.6 Å². The van der Waals surface area contributed by atoms with E-state index < -0.39 is 5.97 Å². The van der Waals surface area contributed by atoms with Gasteiger partial charge >= 0.3 is 5.97 Å². The number of carboxylic acids is 1. The molecule has 0 amide bonds. The second kappa shape index (κ2) is 7.73. The van der Waals surface area contributed by atoms with Crippen molar-refractivity contribution in [3.8, 4) is 0 Å². The largest absolute Gasteiger partial charge is 0.481 e. The van der Waals surface area contributed by atoms with Gasteiger partial charge in [-0.05, 0) is 51.1 Å². The predicted octanol–water partition coefficient (Wildman–Crippen LogP) is 4.24. The number of halogens is 2. The summed E-state index contributed by atoms with van der Waals surface area (Å²) in [4.78, 5) is 12.6. The van der Waals surface area contributed by atoms with Crippen LogP contribution in [-0.2, 0) is 4.79 Å². The minimum Gasteiger partial charge on any atom is -0.481 e. The molecule has 0 radical (unpaired) electrons. The van der Waals surface area contributed by atoms with Crippen LogP contribution in [0.4, 0.5) is 0 Å². The van der Waals surface area contributed by atoms with Crippen molar-refractivity contribution >= 4 is 29.2 Å². The molecule has 5 heteroatoms. The van der Waals surface area contributed by atoms with Crippen molar-refractivity contribution < 1.29 is 9.90 Å². The highest BCUT2D eigenvalue weighted by atomic mass is 35.5. The summed E-state index contributed by atoms with van der Waals surface area (Å²) in [5.74, 6) is -0.739. The van der Waals surface area contributed by atoms with Crippen LogP contribution in [0.25, 0.3) is 0 Å². The van der Waals surface area contributed by atoms with E-state index in [1.807, 2.05) is 19.2 Å². The number of aliphatic carboxylic acids is 1. The number of hydrogen-bond donors (Lipinski definition) is 1. The SMILES string of the molecule is CC(c1ccc(Cl)cc1Cl)N(C)CCCCC(=O)O. The Hall–Kier alpha value is -0.770.